The van der Waals surface area contributed by atoms with Crippen LogP contribution in [0.4, 0.5) is 9.93 Å². The SMILES string of the molecule is CN1C(=O)C=C[C@@]2(C)C1CC[C@@H]1[C@H]2CC[C@]2(C)C(c3csc(N(C(=O)O)C(C)(C)C)n3)CC[C@@H]12. The van der Waals surface area contributed by atoms with Crippen molar-refractivity contribution < 1.29 is 14.7 Å². The molecule has 1 aliphatic heterocycles. The summed E-state index contributed by atoms with van der Waals surface area (Å²) in [4.78, 5) is 32.6. The number of hydrogen-bond acceptors (Lipinski definition) is 4. The Morgan fingerprint density at radius 3 is 2.59 bits per heavy atom. The third-order valence-corrected chi connectivity index (χ3v) is 10.9. The minimum atomic E-state index is -0.946. The van der Waals surface area contributed by atoms with Gasteiger partial charge in [0.15, 0.2) is 5.13 Å². The van der Waals surface area contributed by atoms with E-state index in [4.69, 9.17) is 4.98 Å². The second-order valence-electron chi connectivity index (χ2n) is 12.6. The summed E-state index contributed by atoms with van der Waals surface area (Å²) in [5.74, 6) is 2.49. The standard InChI is InChI=1S/C27H39N3O3S/c1-25(2,3)30(24(32)33)23-28-20(15-34-23)19-9-8-17-16-7-10-21-27(5,14-12-22(31)29(21)6)18(16)11-13-26(17,19)4/h12,14-19,21H,7-11,13H2,1-6H3,(H,32,33)/t16-,17-,18+,19?,21?,26-,27+/m0/s1. The van der Waals surface area contributed by atoms with E-state index in [1.807, 2.05) is 38.8 Å². The Labute approximate surface area is 207 Å². The monoisotopic (exact) mass is 485 g/mol. The van der Waals surface area contributed by atoms with Crippen molar-refractivity contribution in [2.75, 3.05) is 11.9 Å². The zero-order chi connectivity index (χ0) is 24.6. The Morgan fingerprint density at radius 1 is 1.18 bits per heavy atom. The van der Waals surface area contributed by atoms with Gasteiger partial charge in [-0.05, 0) is 88.5 Å². The maximum absolute atomic E-state index is 12.3. The average Bonchev–Trinajstić information content (AvgIpc) is 3.33. The first-order valence-corrected chi connectivity index (χ1v) is 13.7. The van der Waals surface area contributed by atoms with Crippen LogP contribution in [0.1, 0.15) is 84.8 Å². The second-order valence-corrected chi connectivity index (χ2v) is 13.5. The van der Waals surface area contributed by atoms with E-state index in [1.165, 1.54) is 41.9 Å². The van der Waals surface area contributed by atoms with E-state index in [1.54, 1.807) is 0 Å². The Hall–Kier alpha value is -1.89. The molecule has 0 aromatic carbocycles. The molecule has 1 aromatic rings. The van der Waals surface area contributed by atoms with Crippen LogP contribution >= 0.6 is 11.3 Å². The lowest BCUT2D eigenvalue weighted by Crippen LogP contribution is -2.59. The van der Waals surface area contributed by atoms with Gasteiger partial charge in [0.25, 0.3) is 0 Å². The van der Waals surface area contributed by atoms with Crippen LogP contribution in [0.5, 0.6) is 0 Å². The number of likely N-dealkylation sites (N-methyl/N-ethyl adjacent to an activating group) is 1. The fourth-order valence-corrected chi connectivity index (χ4v) is 9.48. The average molecular weight is 486 g/mol. The minimum Gasteiger partial charge on any atom is -0.465 e. The first-order chi connectivity index (χ1) is 15.9. The molecule has 3 saturated carbocycles. The molecule has 3 aliphatic carbocycles. The molecule has 6 nitrogen and oxygen atoms in total. The summed E-state index contributed by atoms with van der Waals surface area (Å²) in [6.07, 6.45) is 10.1. The number of anilines is 1. The summed E-state index contributed by atoms with van der Waals surface area (Å²) in [6, 6.07) is 0.313. The molecule has 3 fully saturated rings. The van der Waals surface area contributed by atoms with Crippen molar-refractivity contribution in [3.63, 3.8) is 0 Å². The van der Waals surface area contributed by atoms with Gasteiger partial charge in [-0.15, -0.1) is 11.3 Å². The molecule has 34 heavy (non-hydrogen) atoms. The molecule has 2 amide bonds. The Kier molecular flexibility index (Phi) is 5.47. The highest BCUT2D eigenvalue weighted by molar-refractivity contribution is 7.14. The first-order valence-electron chi connectivity index (χ1n) is 12.8. The zero-order valence-electron chi connectivity index (χ0n) is 21.4. The topological polar surface area (TPSA) is 73.7 Å². The predicted octanol–water partition coefficient (Wildman–Crippen LogP) is 6.15. The third-order valence-electron chi connectivity index (χ3n) is 10.0. The highest BCUT2D eigenvalue weighted by Crippen LogP contribution is 2.67. The number of aromatic nitrogens is 1. The molecule has 186 valence electrons. The molecule has 4 aliphatic rings. The van der Waals surface area contributed by atoms with Crippen molar-refractivity contribution in [1.29, 1.82) is 0 Å². The fraction of sp³-hybridized carbons (Fsp3) is 0.741. The Morgan fingerprint density at radius 2 is 1.91 bits per heavy atom. The number of thiazole rings is 1. The number of carbonyl (C=O) groups excluding carboxylic acids is 1. The van der Waals surface area contributed by atoms with E-state index in [2.05, 4.69) is 25.3 Å². The second kappa shape index (κ2) is 7.81. The van der Waals surface area contributed by atoms with Crippen LogP contribution in [-0.4, -0.2) is 45.6 Å². The molecular weight excluding hydrogens is 446 g/mol. The molecule has 2 heterocycles. The van der Waals surface area contributed by atoms with Crippen LogP contribution in [0.25, 0.3) is 0 Å². The van der Waals surface area contributed by atoms with Crippen LogP contribution < -0.4 is 4.90 Å². The maximum atomic E-state index is 12.3. The van der Waals surface area contributed by atoms with Crippen molar-refractivity contribution in [2.24, 2.45) is 28.6 Å². The molecule has 0 spiro atoms. The smallest absolute Gasteiger partial charge is 0.414 e. The van der Waals surface area contributed by atoms with Crippen molar-refractivity contribution in [3.05, 3.63) is 23.2 Å². The van der Waals surface area contributed by atoms with Gasteiger partial charge < -0.3 is 10.0 Å². The summed E-state index contributed by atoms with van der Waals surface area (Å²) in [5, 5.41) is 12.5. The van der Waals surface area contributed by atoms with Gasteiger partial charge in [-0.2, -0.15) is 0 Å². The fourth-order valence-electron chi connectivity index (χ4n) is 8.42. The third kappa shape index (κ3) is 3.36. The largest absolute Gasteiger partial charge is 0.465 e. The van der Waals surface area contributed by atoms with Crippen LogP contribution in [-0.2, 0) is 4.79 Å². The van der Waals surface area contributed by atoms with Crippen LogP contribution in [0.15, 0.2) is 17.5 Å². The van der Waals surface area contributed by atoms with Crippen molar-refractivity contribution in [3.8, 4) is 0 Å². The van der Waals surface area contributed by atoms with Crippen molar-refractivity contribution in [1.82, 2.24) is 9.88 Å². The molecule has 1 aromatic heterocycles. The first kappa shape index (κ1) is 23.8. The van der Waals surface area contributed by atoms with Crippen LogP contribution in [0.2, 0.25) is 0 Å². The quantitative estimate of drug-likeness (QED) is 0.545. The molecule has 2 unspecified atom stereocenters. The van der Waals surface area contributed by atoms with E-state index in [0.717, 1.165) is 18.5 Å². The van der Waals surface area contributed by atoms with Gasteiger partial charge in [0, 0.05) is 35.3 Å². The Balaban J connectivity index is 1.42. The minimum absolute atomic E-state index is 0.0630. The number of rotatable bonds is 2. The number of carbonyl (C=O) groups is 2. The summed E-state index contributed by atoms with van der Waals surface area (Å²) < 4.78 is 0. The van der Waals surface area contributed by atoms with Crippen molar-refractivity contribution >= 4 is 28.5 Å². The molecule has 7 heteroatoms. The lowest BCUT2D eigenvalue weighted by molar-refractivity contribution is -0.138. The number of amides is 2. The number of carboxylic acid groups (broad SMARTS) is 1. The van der Waals surface area contributed by atoms with Crippen LogP contribution in [0, 0.1) is 28.6 Å². The van der Waals surface area contributed by atoms with Gasteiger partial charge in [0.2, 0.25) is 5.91 Å². The van der Waals surface area contributed by atoms with E-state index in [-0.39, 0.29) is 16.7 Å². The van der Waals surface area contributed by atoms with Crippen molar-refractivity contribution in [2.45, 2.75) is 90.6 Å². The van der Waals surface area contributed by atoms with E-state index < -0.39 is 11.6 Å². The summed E-state index contributed by atoms with van der Waals surface area (Å²) in [6.45, 7) is 10.6. The van der Waals surface area contributed by atoms with E-state index >= 15 is 0 Å². The predicted molar refractivity (Wildman–Crippen MR) is 135 cm³/mol. The normalized spacial score (nSPS) is 39.4. The molecule has 1 N–H and O–H groups in total. The van der Waals surface area contributed by atoms with Gasteiger partial charge in [-0.25, -0.2) is 14.7 Å². The molecule has 0 bridgehead atoms. The Bertz CT molecular complexity index is 1030. The molecule has 0 radical (unpaired) electrons. The summed E-state index contributed by atoms with van der Waals surface area (Å²) in [5.41, 5.74) is 0.817. The van der Waals surface area contributed by atoms with Crippen LogP contribution in [0.3, 0.4) is 0 Å². The summed E-state index contributed by atoms with van der Waals surface area (Å²) in [7, 11) is 1.98. The highest BCUT2D eigenvalue weighted by Gasteiger charge is 2.60. The molecular formula is C27H39N3O3S. The highest BCUT2D eigenvalue weighted by atomic mass is 32.1. The van der Waals surface area contributed by atoms with Gasteiger partial charge in [-0.3, -0.25) is 4.79 Å². The van der Waals surface area contributed by atoms with Gasteiger partial charge >= 0.3 is 6.09 Å². The van der Waals surface area contributed by atoms with Gasteiger partial charge in [-0.1, -0.05) is 19.9 Å². The van der Waals surface area contributed by atoms with E-state index in [9.17, 15) is 14.7 Å². The number of fused-ring (bicyclic) bond motifs is 5. The zero-order valence-corrected chi connectivity index (χ0v) is 22.2. The molecule has 0 saturated heterocycles. The lowest BCUT2D eigenvalue weighted by Gasteiger charge is -2.60. The maximum Gasteiger partial charge on any atom is 0.414 e. The van der Waals surface area contributed by atoms with Gasteiger partial charge in [0.1, 0.15) is 0 Å². The lowest BCUT2D eigenvalue weighted by atomic mass is 9.47. The number of hydrogen-bond donors (Lipinski definition) is 1. The molecule has 5 rings (SSSR count). The summed E-state index contributed by atoms with van der Waals surface area (Å²) >= 11 is 1.46. The van der Waals surface area contributed by atoms with E-state index in [0.29, 0.717) is 34.8 Å². The number of nitrogens with zero attached hydrogens (tertiary/aromatic N) is 3. The van der Waals surface area contributed by atoms with Gasteiger partial charge in [0.05, 0.1) is 5.69 Å². The molecule has 7 atom stereocenters.